The molecule has 1 aromatic carbocycles. The normalized spacial score (nSPS) is 11.3. The van der Waals surface area contributed by atoms with Gasteiger partial charge < -0.3 is 5.73 Å². The molecule has 0 radical (unpaired) electrons. The molecule has 0 aliphatic carbocycles. The lowest BCUT2D eigenvalue weighted by molar-refractivity contribution is 0.577. The van der Waals surface area contributed by atoms with E-state index >= 15 is 0 Å². The highest BCUT2D eigenvalue weighted by atomic mass is 19.1. The Balaban J connectivity index is 2.37. The first-order valence-electron chi connectivity index (χ1n) is 5.29. The zero-order chi connectivity index (χ0) is 13.3. The van der Waals surface area contributed by atoms with Crippen LogP contribution in [-0.4, -0.2) is 15.9 Å². The first-order valence-corrected chi connectivity index (χ1v) is 5.29. The third-order valence-corrected chi connectivity index (χ3v) is 2.51. The Hall–Kier alpha value is -2.24. The summed E-state index contributed by atoms with van der Waals surface area (Å²) >= 11 is 0. The molecule has 0 bridgehead atoms. The summed E-state index contributed by atoms with van der Waals surface area (Å²) in [6.07, 6.45) is 2.97. The third kappa shape index (κ3) is 2.37. The fourth-order valence-electron chi connectivity index (χ4n) is 1.52. The lowest BCUT2D eigenvalue weighted by Crippen LogP contribution is -1.99. The Bertz CT molecular complexity index is 617. The first kappa shape index (κ1) is 12.2. The SMILES string of the molecule is Cc1cn(N=Cc2cc(F)cc(F)c2C)c(N)n1. The van der Waals surface area contributed by atoms with Gasteiger partial charge in [0.05, 0.1) is 18.1 Å². The number of imidazole rings is 1. The molecule has 1 heterocycles. The second-order valence-corrected chi connectivity index (χ2v) is 3.93. The summed E-state index contributed by atoms with van der Waals surface area (Å²) in [4.78, 5) is 3.96. The van der Waals surface area contributed by atoms with E-state index in [0.717, 1.165) is 6.07 Å². The molecule has 18 heavy (non-hydrogen) atoms. The maximum Gasteiger partial charge on any atom is 0.221 e. The molecule has 4 nitrogen and oxygen atoms in total. The summed E-state index contributed by atoms with van der Waals surface area (Å²) in [6, 6.07) is 2.05. The molecule has 0 fully saturated rings. The van der Waals surface area contributed by atoms with Gasteiger partial charge >= 0.3 is 0 Å². The molecule has 0 spiro atoms. The molecule has 0 amide bonds. The monoisotopic (exact) mass is 250 g/mol. The number of hydrogen-bond donors (Lipinski definition) is 1. The molecular weight excluding hydrogens is 238 g/mol. The maximum absolute atomic E-state index is 13.3. The van der Waals surface area contributed by atoms with E-state index in [2.05, 4.69) is 10.1 Å². The van der Waals surface area contributed by atoms with Gasteiger partial charge in [-0.05, 0) is 25.5 Å². The minimum atomic E-state index is -0.644. The number of halogens is 2. The smallest absolute Gasteiger partial charge is 0.221 e. The van der Waals surface area contributed by atoms with E-state index in [9.17, 15) is 8.78 Å². The fourth-order valence-corrected chi connectivity index (χ4v) is 1.52. The lowest BCUT2D eigenvalue weighted by Gasteiger charge is -2.02. The number of aryl methyl sites for hydroxylation is 1. The molecule has 94 valence electrons. The summed E-state index contributed by atoms with van der Waals surface area (Å²) in [7, 11) is 0. The Morgan fingerprint density at radius 2 is 2.06 bits per heavy atom. The summed E-state index contributed by atoms with van der Waals surface area (Å²) in [5.41, 5.74) is 7.00. The van der Waals surface area contributed by atoms with Crippen molar-refractivity contribution in [1.29, 1.82) is 0 Å². The number of rotatable bonds is 2. The van der Waals surface area contributed by atoms with E-state index in [0.29, 0.717) is 16.8 Å². The molecule has 1 aromatic heterocycles. The van der Waals surface area contributed by atoms with Gasteiger partial charge in [-0.15, -0.1) is 0 Å². The topological polar surface area (TPSA) is 56.2 Å². The quantitative estimate of drug-likeness (QED) is 0.831. The van der Waals surface area contributed by atoms with Crippen LogP contribution in [0.25, 0.3) is 0 Å². The van der Waals surface area contributed by atoms with Gasteiger partial charge in [0.15, 0.2) is 0 Å². The molecule has 0 saturated carbocycles. The Morgan fingerprint density at radius 3 is 2.67 bits per heavy atom. The minimum Gasteiger partial charge on any atom is -0.368 e. The van der Waals surface area contributed by atoms with E-state index in [1.54, 1.807) is 20.0 Å². The molecule has 2 rings (SSSR count). The van der Waals surface area contributed by atoms with Gasteiger partial charge in [-0.3, -0.25) is 0 Å². The number of nitrogens with two attached hydrogens (primary N) is 1. The van der Waals surface area contributed by atoms with Crippen molar-refractivity contribution in [2.45, 2.75) is 13.8 Å². The zero-order valence-electron chi connectivity index (χ0n) is 9.98. The Morgan fingerprint density at radius 1 is 1.33 bits per heavy atom. The molecular formula is C12H12F2N4. The van der Waals surface area contributed by atoms with Crippen LogP contribution in [0.5, 0.6) is 0 Å². The first-order chi connectivity index (χ1) is 8.47. The molecule has 0 aliphatic heterocycles. The lowest BCUT2D eigenvalue weighted by atomic mass is 10.1. The van der Waals surface area contributed by atoms with E-state index in [1.165, 1.54) is 17.0 Å². The standard InChI is InChI=1S/C12H12F2N4/c1-7-6-18(12(15)17-7)16-5-9-3-10(13)4-11(14)8(9)2/h3-6H,1-2H3,(H2,15,17). The van der Waals surface area contributed by atoms with E-state index < -0.39 is 11.6 Å². The van der Waals surface area contributed by atoms with Crippen LogP contribution in [0.3, 0.4) is 0 Å². The molecule has 0 saturated heterocycles. The molecule has 2 N–H and O–H groups in total. The van der Waals surface area contributed by atoms with Crippen LogP contribution in [0.2, 0.25) is 0 Å². The van der Waals surface area contributed by atoms with Crippen LogP contribution in [0.1, 0.15) is 16.8 Å². The van der Waals surface area contributed by atoms with Crippen molar-refractivity contribution in [3.05, 3.63) is 46.8 Å². The Kier molecular flexibility index (Phi) is 3.10. The summed E-state index contributed by atoms with van der Waals surface area (Å²) in [5, 5.41) is 4.01. The van der Waals surface area contributed by atoms with Crippen LogP contribution in [0.15, 0.2) is 23.4 Å². The summed E-state index contributed by atoms with van der Waals surface area (Å²) in [6.45, 7) is 3.33. The minimum absolute atomic E-state index is 0.221. The van der Waals surface area contributed by atoms with Gasteiger partial charge in [-0.1, -0.05) is 0 Å². The molecule has 0 atom stereocenters. The Labute approximate surface area is 103 Å². The number of nitrogen functional groups attached to an aromatic ring is 1. The highest BCUT2D eigenvalue weighted by Crippen LogP contribution is 2.13. The van der Waals surface area contributed by atoms with Crippen molar-refractivity contribution in [1.82, 2.24) is 9.66 Å². The summed E-state index contributed by atoms with van der Waals surface area (Å²) in [5.74, 6) is -1.03. The average Bonchev–Trinajstić information content (AvgIpc) is 2.60. The number of aromatic nitrogens is 2. The zero-order valence-corrected chi connectivity index (χ0v) is 9.98. The van der Waals surface area contributed by atoms with Gasteiger partial charge in [0.1, 0.15) is 11.6 Å². The molecule has 0 unspecified atom stereocenters. The van der Waals surface area contributed by atoms with Gasteiger partial charge in [0.2, 0.25) is 5.95 Å². The van der Waals surface area contributed by atoms with Crippen molar-refractivity contribution in [3.8, 4) is 0 Å². The van der Waals surface area contributed by atoms with Crippen LogP contribution < -0.4 is 5.73 Å². The van der Waals surface area contributed by atoms with Crippen molar-refractivity contribution in [3.63, 3.8) is 0 Å². The largest absolute Gasteiger partial charge is 0.368 e. The van der Waals surface area contributed by atoms with Crippen molar-refractivity contribution in [2.75, 3.05) is 5.73 Å². The van der Waals surface area contributed by atoms with Crippen LogP contribution in [0, 0.1) is 25.5 Å². The highest BCUT2D eigenvalue weighted by molar-refractivity contribution is 5.81. The molecule has 6 heteroatoms. The average molecular weight is 250 g/mol. The van der Waals surface area contributed by atoms with Crippen molar-refractivity contribution >= 4 is 12.2 Å². The van der Waals surface area contributed by atoms with Crippen LogP contribution in [-0.2, 0) is 0 Å². The van der Waals surface area contributed by atoms with E-state index in [4.69, 9.17) is 5.73 Å². The van der Waals surface area contributed by atoms with Gasteiger partial charge in [-0.25, -0.2) is 18.4 Å². The number of benzene rings is 1. The fraction of sp³-hybridized carbons (Fsp3) is 0.167. The predicted molar refractivity (Wildman–Crippen MR) is 65.5 cm³/mol. The van der Waals surface area contributed by atoms with Crippen LogP contribution in [0.4, 0.5) is 14.7 Å². The van der Waals surface area contributed by atoms with Gasteiger partial charge in [-0.2, -0.15) is 5.10 Å². The van der Waals surface area contributed by atoms with Crippen LogP contribution >= 0.6 is 0 Å². The van der Waals surface area contributed by atoms with Gasteiger partial charge in [0.25, 0.3) is 0 Å². The predicted octanol–water partition coefficient (Wildman–Crippen LogP) is 2.24. The molecule has 0 aliphatic rings. The number of hydrogen-bond acceptors (Lipinski definition) is 3. The second-order valence-electron chi connectivity index (χ2n) is 3.93. The van der Waals surface area contributed by atoms with E-state index in [1.807, 2.05) is 0 Å². The highest BCUT2D eigenvalue weighted by Gasteiger charge is 2.06. The maximum atomic E-state index is 13.3. The second kappa shape index (κ2) is 4.56. The third-order valence-electron chi connectivity index (χ3n) is 2.51. The number of anilines is 1. The van der Waals surface area contributed by atoms with Crippen molar-refractivity contribution in [2.24, 2.45) is 5.10 Å². The van der Waals surface area contributed by atoms with Crippen molar-refractivity contribution < 1.29 is 8.78 Å². The molecule has 2 aromatic rings. The summed E-state index contributed by atoms with van der Waals surface area (Å²) < 4.78 is 27.7. The number of nitrogens with zero attached hydrogens (tertiary/aromatic N) is 3. The van der Waals surface area contributed by atoms with Gasteiger partial charge in [0, 0.05) is 11.6 Å². The van der Waals surface area contributed by atoms with E-state index in [-0.39, 0.29) is 5.95 Å².